The van der Waals surface area contributed by atoms with Crippen LogP contribution in [0.3, 0.4) is 0 Å². The fourth-order valence-corrected chi connectivity index (χ4v) is 5.77. The number of carbonyl (C=O) groups is 2. The number of hydrogen-bond acceptors (Lipinski definition) is 5. The van der Waals surface area contributed by atoms with Crippen LogP contribution in [-0.4, -0.2) is 39.4 Å². The standard InChI is InChI=1S/C25H22ClN3O5S/c26-17-7-13-20(14-8-17)35(32,33)29-16-23(34-22-5-2-1-4-21(22)29)25(31)27-18-9-11-19(12-10-18)28-15-3-6-24(28)30/h1-2,4-5,7-14,23H,3,6,15-16H2,(H,27,31)/t23-/m0/s1. The Kier molecular flexibility index (Phi) is 6.12. The molecule has 35 heavy (non-hydrogen) atoms. The number of amides is 2. The summed E-state index contributed by atoms with van der Waals surface area (Å²) in [5, 5.41) is 3.20. The maximum Gasteiger partial charge on any atom is 0.267 e. The van der Waals surface area contributed by atoms with Crippen molar-refractivity contribution < 1.29 is 22.7 Å². The van der Waals surface area contributed by atoms with E-state index in [2.05, 4.69) is 5.32 Å². The number of nitrogens with one attached hydrogen (secondary N) is 1. The number of para-hydroxylation sites is 2. The zero-order chi connectivity index (χ0) is 24.6. The van der Waals surface area contributed by atoms with E-state index in [9.17, 15) is 18.0 Å². The molecule has 0 aliphatic carbocycles. The van der Waals surface area contributed by atoms with Crippen LogP contribution in [0.2, 0.25) is 5.02 Å². The van der Waals surface area contributed by atoms with E-state index in [0.29, 0.717) is 35.1 Å². The molecule has 0 aromatic heterocycles. The lowest BCUT2D eigenvalue weighted by Crippen LogP contribution is -2.48. The molecule has 2 aliphatic heterocycles. The normalized spacial score (nSPS) is 17.6. The monoisotopic (exact) mass is 511 g/mol. The molecule has 2 heterocycles. The van der Waals surface area contributed by atoms with Gasteiger partial charge in [-0.3, -0.25) is 13.9 Å². The second kappa shape index (κ2) is 9.24. The number of carbonyl (C=O) groups excluding carboxylic acids is 2. The quantitative estimate of drug-likeness (QED) is 0.557. The molecule has 0 unspecified atom stereocenters. The average Bonchev–Trinajstić information content (AvgIpc) is 3.29. The van der Waals surface area contributed by atoms with Gasteiger partial charge in [-0.25, -0.2) is 8.42 Å². The van der Waals surface area contributed by atoms with Gasteiger partial charge in [0.05, 0.1) is 17.1 Å². The van der Waals surface area contributed by atoms with Crippen LogP contribution in [0.5, 0.6) is 5.75 Å². The minimum absolute atomic E-state index is 0.0600. The van der Waals surface area contributed by atoms with Crippen LogP contribution in [0.25, 0.3) is 0 Å². The molecule has 0 saturated carbocycles. The molecule has 3 aromatic rings. The van der Waals surface area contributed by atoms with Crippen molar-refractivity contribution in [2.45, 2.75) is 23.8 Å². The Hall–Kier alpha value is -3.56. The van der Waals surface area contributed by atoms with E-state index in [0.717, 1.165) is 12.1 Å². The van der Waals surface area contributed by atoms with Crippen LogP contribution in [0.1, 0.15) is 12.8 Å². The van der Waals surface area contributed by atoms with E-state index < -0.39 is 22.0 Å². The molecule has 1 N–H and O–H groups in total. The Balaban J connectivity index is 1.37. The molecule has 3 aromatic carbocycles. The highest BCUT2D eigenvalue weighted by Crippen LogP contribution is 2.37. The van der Waals surface area contributed by atoms with Gasteiger partial charge >= 0.3 is 0 Å². The third-order valence-corrected chi connectivity index (χ3v) is 7.99. The number of nitrogens with zero attached hydrogens (tertiary/aromatic N) is 2. The highest BCUT2D eigenvalue weighted by Gasteiger charge is 2.37. The molecule has 2 aliphatic rings. The van der Waals surface area contributed by atoms with Crippen molar-refractivity contribution in [2.75, 3.05) is 27.6 Å². The first-order valence-electron chi connectivity index (χ1n) is 11.1. The first-order valence-corrected chi connectivity index (χ1v) is 12.9. The number of fused-ring (bicyclic) bond motifs is 1. The van der Waals surface area contributed by atoms with E-state index in [1.807, 2.05) is 0 Å². The van der Waals surface area contributed by atoms with Crippen molar-refractivity contribution in [3.05, 3.63) is 77.8 Å². The summed E-state index contributed by atoms with van der Waals surface area (Å²) in [5.74, 6) is -0.113. The topological polar surface area (TPSA) is 96.0 Å². The minimum Gasteiger partial charge on any atom is -0.476 e. The van der Waals surface area contributed by atoms with Gasteiger partial charge < -0.3 is 15.0 Å². The molecule has 1 atom stereocenters. The summed E-state index contributed by atoms with van der Waals surface area (Å²) in [7, 11) is -3.97. The van der Waals surface area contributed by atoms with E-state index in [1.165, 1.54) is 28.6 Å². The molecule has 0 radical (unpaired) electrons. The number of hydrogen-bond donors (Lipinski definition) is 1. The zero-order valence-electron chi connectivity index (χ0n) is 18.6. The van der Waals surface area contributed by atoms with Crippen molar-refractivity contribution in [2.24, 2.45) is 0 Å². The van der Waals surface area contributed by atoms with E-state index in [-0.39, 0.29) is 17.3 Å². The second-order valence-corrected chi connectivity index (χ2v) is 10.5. The summed E-state index contributed by atoms with van der Waals surface area (Å²) >= 11 is 5.92. The van der Waals surface area contributed by atoms with Gasteiger partial charge in [-0.1, -0.05) is 23.7 Å². The number of ether oxygens (including phenoxy) is 1. The highest BCUT2D eigenvalue weighted by atomic mass is 35.5. The van der Waals surface area contributed by atoms with Gasteiger partial charge in [-0.05, 0) is 67.1 Å². The summed E-state index contributed by atoms with van der Waals surface area (Å²) in [6, 6.07) is 19.5. The third kappa shape index (κ3) is 4.56. The van der Waals surface area contributed by atoms with Crippen LogP contribution in [0.4, 0.5) is 17.1 Å². The van der Waals surface area contributed by atoms with Gasteiger partial charge in [-0.15, -0.1) is 0 Å². The minimum atomic E-state index is -3.97. The molecule has 180 valence electrons. The Morgan fingerprint density at radius 2 is 1.71 bits per heavy atom. The van der Waals surface area contributed by atoms with E-state index in [1.54, 1.807) is 53.4 Å². The number of benzene rings is 3. The van der Waals surface area contributed by atoms with Gasteiger partial charge in [0.2, 0.25) is 5.91 Å². The molecule has 1 fully saturated rings. The summed E-state index contributed by atoms with van der Waals surface area (Å²) in [4.78, 5) is 26.8. The predicted molar refractivity (Wildman–Crippen MR) is 134 cm³/mol. The summed E-state index contributed by atoms with van der Waals surface area (Å²) in [5.41, 5.74) is 1.64. The fraction of sp³-hybridized carbons (Fsp3) is 0.200. The van der Waals surface area contributed by atoms with Crippen molar-refractivity contribution in [3.63, 3.8) is 0 Å². The molecule has 2 amide bonds. The zero-order valence-corrected chi connectivity index (χ0v) is 20.1. The summed E-state index contributed by atoms with van der Waals surface area (Å²) in [6.45, 7) is 0.478. The first-order chi connectivity index (χ1) is 16.8. The Morgan fingerprint density at radius 3 is 2.40 bits per heavy atom. The third-order valence-electron chi connectivity index (χ3n) is 5.95. The van der Waals surface area contributed by atoms with Crippen LogP contribution >= 0.6 is 11.6 Å². The first kappa shape index (κ1) is 23.2. The molecular formula is C25H22ClN3O5S. The SMILES string of the molecule is O=C(Nc1ccc(N2CCCC2=O)cc1)[C@@H]1CN(S(=O)(=O)c2ccc(Cl)cc2)c2ccccc2O1. The van der Waals surface area contributed by atoms with Gasteiger partial charge in [0.1, 0.15) is 5.75 Å². The van der Waals surface area contributed by atoms with Crippen LogP contribution < -0.4 is 19.3 Å². The van der Waals surface area contributed by atoms with E-state index >= 15 is 0 Å². The highest BCUT2D eigenvalue weighted by molar-refractivity contribution is 7.92. The number of anilines is 3. The van der Waals surface area contributed by atoms with Gasteiger partial charge in [0, 0.05) is 29.4 Å². The maximum atomic E-state index is 13.4. The molecule has 0 bridgehead atoms. The molecule has 5 rings (SSSR count). The van der Waals surface area contributed by atoms with Crippen molar-refractivity contribution in [1.82, 2.24) is 0 Å². The second-order valence-electron chi connectivity index (χ2n) is 8.25. The molecule has 10 heteroatoms. The number of halogens is 1. The molecule has 1 saturated heterocycles. The predicted octanol–water partition coefficient (Wildman–Crippen LogP) is 4.06. The smallest absolute Gasteiger partial charge is 0.267 e. The Morgan fingerprint density at radius 1 is 1.00 bits per heavy atom. The largest absolute Gasteiger partial charge is 0.476 e. The summed E-state index contributed by atoms with van der Waals surface area (Å²) < 4.78 is 33.9. The van der Waals surface area contributed by atoms with Gasteiger partial charge in [0.15, 0.2) is 6.10 Å². The van der Waals surface area contributed by atoms with Crippen LogP contribution in [-0.2, 0) is 19.6 Å². The average molecular weight is 512 g/mol. The summed E-state index contributed by atoms with van der Waals surface area (Å²) in [6.07, 6.45) is 0.286. The van der Waals surface area contributed by atoms with Gasteiger partial charge in [-0.2, -0.15) is 0 Å². The fourth-order valence-electron chi connectivity index (χ4n) is 4.17. The lowest BCUT2D eigenvalue weighted by atomic mass is 10.2. The van der Waals surface area contributed by atoms with Crippen LogP contribution in [0.15, 0.2) is 77.7 Å². The lowest BCUT2D eigenvalue weighted by Gasteiger charge is -2.34. The maximum absolute atomic E-state index is 13.4. The Bertz CT molecular complexity index is 1380. The lowest BCUT2D eigenvalue weighted by molar-refractivity contribution is -0.122. The van der Waals surface area contributed by atoms with Crippen molar-refractivity contribution >= 4 is 50.5 Å². The number of rotatable bonds is 5. The number of sulfonamides is 1. The molecular weight excluding hydrogens is 490 g/mol. The van der Waals surface area contributed by atoms with Crippen molar-refractivity contribution in [3.8, 4) is 5.75 Å². The molecule has 0 spiro atoms. The van der Waals surface area contributed by atoms with Gasteiger partial charge in [0.25, 0.3) is 15.9 Å². The molecule has 8 nitrogen and oxygen atoms in total. The van der Waals surface area contributed by atoms with E-state index in [4.69, 9.17) is 16.3 Å². The van der Waals surface area contributed by atoms with Crippen molar-refractivity contribution in [1.29, 1.82) is 0 Å². The Labute approximate surface area is 208 Å². The van der Waals surface area contributed by atoms with Crippen LogP contribution in [0, 0.1) is 0 Å².